The molecule has 0 spiro atoms. The molecule has 1 heterocycles. The highest BCUT2D eigenvalue weighted by Crippen LogP contribution is 2.33. The molecule has 0 atom stereocenters. The molecule has 2 aromatic carbocycles. The summed E-state index contributed by atoms with van der Waals surface area (Å²) in [7, 11) is 4.78. The van der Waals surface area contributed by atoms with Crippen LogP contribution in [0.2, 0.25) is 0 Å². The van der Waals surface area contributed by atoms with Gasteiger partial charge in [0.1, 0.15) is 0 Å². The van der Waals surface area contributed by atoms with E-state index in [1.54, 1.807) is 45.6 Å². The zero-order chi connectivity index (χ0) is 20.1. The Morgan fingerprint density at radius 3 is 2.43 bits per heavy atom. The Bertz CT molecular complexity index is 1110. The predicted octanol–water partition coefficient (Wildman–Crippen LogP) is 2.98. The second-order valence-corrected chi connectivity index (χ2v) is 6.82. The summed E-state index contributed by atoms with van der Waals surface area (Å²) in [5.74, 6) is 0.838. The number of ether oxygens (including phenoxy) is 3. The molecule has 0 unspecified atom stereocenters. The number of carbonyl (C=O) groups excluding carboxylic acids is 1. The number of benzene rings is 2. The summed E-state index contributed by atoms with van der Waals surface area (Å²) in [6, 6.07) is 12.2. The highest BCUT2D eigenvalue weighted by molar-refractivity contribution is 7.16. The van der Waals surface area contributed by atoms with Crippen LogP contribution in [0.25, 0.3) is 10.2 Å². The van der Waals surface area contributed by atoms with E-state index in [1.807, 2.05) is 22.8 Å². The van der Waals surface area contributed by atoms with Gasteiger partial charge in [-0.15, -0.1) is 0 Å². The summed E-state index contributed by atoms with van der Waals surface area (Å²) in [5, 5.41) is 8.89. The molecule has 0 bridgehead atoms. The molecule has 0 saturated heterocycles. The number of carbonyl (C=O) groups is 1. The highest BCUT2D eigenvalue weighted by Gasteiger charge is 2.14. The Hall–Kier alpha value is -3.15. The molecule has 0 aliphatic rings. The maximum Gasteiger partial charge on any atom is 0.279 e. The second-order valence-electron chi connectivity index (χ2n) is 5.81. The normalized spacial score (nSPS) is 11.4. The fraction of sp³-hybridized carbons (Fsp3) is 0.250. The average molecular weight is 397 g/mol. The lowest BCUT2D eigenvalue weighted by Crippen LogP contribution is -2.19. The minimum atomic E-state index is -0.374. The summed E-state index contributed by atoms with van der Waals surface area (Å²) in [5.41, 5.74) is 1.80. The quantitative estimate of drug-likeness (QED) is 0.638. The number of hydrogen-bond donors (Lipinski definition) is 0. The van der Waals surface area contributed by atoms with Crippen molar-refractivity contribution in [2.45, 2.75) is 6.54 Å². The number of hydrogen-bond acceptors (Lipinski definition) is 6. The van der Waals surface area contributed by atoms with Crippen molar-refractivity contribution >= 4 is 27.5 Å². The molecule has 144 valence electrons. The predicted molar refractivity (Wildman–Crippen MR) is 106 cm³/mol. The van der Waals surface area contributed by atoms with Crippen LogP contribution in [-0.2, 0) is 11.3 Å². The van der Waals surface area contributed by atoms with Crippen molar-refractivity contribution in [1.82, 2.24) is 4.57 Å². The van der Waals surface area contributed by atoms with Crippen molar-refractivity contribution in [2.75, 3.05) is 27.9 Å². The van der Waals surface area contributed by atoms with E-state index < -0.39 is 0 Å². The van der Waals surface area contributed by atoms with Gasteiger partial charge < -0.3 is 18.8 Å². The smallest absolute Gasteiger partial charge is 0.279 e. The molecule has 0 radical (unpaired) electrons. The first-order valence-electron chi connectivity index (χ1n) is 8.44. The van der Waals surface area contributed by atoms with Crippen LogP contribution in [0.4, 0.5) is 0 Å². The fourth-order valence-corrected chi connectivity index (χ4v) is 3.78. The minimum absolute atomic E-state index is 0.374. The van der Waals surface area contributed by atoms with E-state index in [-0.39, 0.29) is 5.91 Å². The Labute approximate surface area is 166 Å². The van der Waals surface area contributed by atoms with Crippen LogP contribution in [-0.4, -0.2) is 38.4 Å². The Morgan fingerprint density at radius 1 is 1.14 bits per heavy atom. The molecule has 0 aliphatic heterocycles. The second kappa shape index (κ2) is 8.69. The van der Waals surface area contributed by atoms with Crippen LogP contribution in [0, 0.1) is 11.3 Å². The number of methoxy groups -OCH3 is 3. The Balaban J connectivity index is 2.13. The summed E-state index contributed by atoms with van der Waals surface area (Å²) < 4.78 is 18.8. The maximum atomic E-state index is 12.6. The highest BCUT2D eigenvalue weighted by atomic mass is 32.1. The zero-order valence-electron chi connectivity index (χ0n) is 15.8. The van der Waals surface area contributed by atoms with Crippen LogP contribution >= 0.6 is 11.3 Å². The van der Waals surface area contributed by atoms with E-state index in [4.69, 9.17) is 19.5 Å². The third-order valence-corrected chi connectivity index (χ3v) is 5.21. The number of thiazole rings is 1. The summed E-state index contributed by atoms with van der Waals surface area (Å²) in [4.78, 5) is 17.5. The van der Waals surface area contributed by atoms with E-state index in [9.17, 15) is 4.79 Å². The third kappa shape index (κ3) is 3.91. The van der Waals surface area contributed by atoms with Crippen LogP contribution in [0.1, 0.15) is 15.9 Å². The van der Waals surface area contributed by atoms with Gasteiger partial charge in [0.2, 0.25) is 0 Å². The first-order chi connectivity index (χ1) is 13.6. The first kappa shape index (κ1) is 19.6. The molecule has 7 nitrogen and oxygen atoms in total. The van der Waals surface area contributed by atoms with E-state index in [0.29, 0.717) is 40.6 Å². The molecule has 1 amide bonds. The van der Waals surface area contributed by atoms with Gasteiger partial charge in [0, 0.05) is 31.4 Å². The van der Waals surface area contributed by atoms with Gasteiger partial charge in [-0.3, -0.25) is 4.79 Å². The first-order valence-corrected chi connectivity index (χ1v) is 9.26. The molecule has 0 saturated carbocycles. The van der Waals surface area contributed by atoms with Crippen LogP contribution < -0.4 is 14.3 Å². The lowest BCUT2D eigenvalue weighted by Gasteiger charge is -2.09. The van der Waals surface area contributed by atoms with E-state index in [1.165, 1.54) is 11.3 Å². The number of nitriles is 1. The fourth-order valence-electron chi connectivity index (χ4n) is 2.72. The van der Waals surface area contributed by atoms with Crippen molar-refractivity contribution in [3.05, 3.63) is 52.3 Å². The topological polar surface area (TPSA) is 85.8 Å². The molecule has 0 fully saturated rings. The van der Waals surface area contributed by atoms with Crippen LogP contribution in [0.3, 0.4) is 0 Å². The SMILES string of the molecule is COCCn1c(=NC(=O)c2ccc(C#N)cc2)sc2cc(OC)c(OC)cc21. The number of nitrogens with zero attached hydrogens (tertiary/aromatic N) is 3. The van der Waals surface area contributed by atoms with Gasteiger partial charge in [-0.05, 0) is 24.3 Å². The zero-order valence-corrected chi connectivity index (χ0v) is 16.6. The maximum absolute atomic E-state index is 12.6. The van der Waals surface area contributed by atoms with Gasteiger partial charge in [0.15, 0.2) is 16.3 Å². The van der Waals surface area contributed by atoms with Gasteiger partial charge in [-0.1, -0.05) is 11.3 Å². The average Bonchev–Trinajstić information content (AvgIpc) is 3.06. The van der Waals surface area contributed by atoms with Crippen molar-refractivity contribution in [2.24, 2.45) is 4.99 Å². The van der Waals surface area contributed by atoms with Gasteiger partial charge in [-0.2, -0.15) is 10.3 Å². The molecule has 0 N–H and O–H groups in total. The summed E-state index contributed by atoms with van der Waals surface area (Å²) >= 11 is 1.39. The standard InChI is InChI=1S/C20H19N3O4S/c1-25-9-8-23-15-10-16(26-2)17(27-3)11-18(15)28-20(23)22-19(24)14-6-4-13(12-21)5-7-14/h4-7,10-11H,8-9H2,1-3H3. The third-order valence-electron chi connectivity index (χ3n) is 4.17. The van der Waals surface area contributed by atoms with Crippen molar-refractivity contribution in [1.29, 1.82) is 5.26 Å². The number of rotatable bonds is 6. The number of fused-ring (bicyclic) bond motifs is 1. The Morgan fingerprint density at radius 2 is 1.82 bits per heavy atom. The molecule has 1 aromatic heterocycles. The lowest BCUT2D eigenvalue weighted by atomic mass is 10.1. The molecular weight excluding hydrogens is 378 g/mol. The van der Waals surface area contributed by atoms with Crippen molar-refractivity contribution < 1.29 is 19.0 Å². The van der Waals surface area contributed by atoms with Gasteiger partial charge >= 0.3 is 0 Å². The molecule has 28 heavy (non-hydrogen) atoms. The lowest BCUT2D eigenvalue weighted by molar-refractivity contribution is 0.0997. The van der Waals surface area contributed by atoms with Gasteiger partial charge in [0.05, 0.1) is 42.7 Å². The number of amides is 1. The molecule has 0 aliphatic carbocycles. The molecule has 3 aromatic rings. The minimum Gasteiger partial charge on any atom is -0.493 e. The van der Waals surface area contributed by atoms with Crippen LogP contribution in [0.15, 0.2) is 41.4 Å². The van der Waals surface area contributed by atoms with Gasteiger partial charge in [0.25, 0.3) is 5.91 Å². The van der Waals surface area contributed by atoms with E-state index in [2.05, 4.69) is 4.99 Å². The molecular formula is C20H19N3O4S. The summed E-state index contributed by atoms with van der Waals surface area (Å²) in [6.45, 7) is 1.00. The van der Waals surface area contributed by atoms with E-state index >= 15 is 0 Å². The number of aromatic nitrogens is 1. The van der Waals surface area contributed by atoms with Crippen molar-refractivity contribution in [3.8, 4) is 17.6 Å². The van der Waals surface area contributed by atoms with Gasteiger partial charge in [-0.25, -0.2) is 0 Å². The summed E-state index contributed by atoms with van der Waals surface area (Å²) in [6.07, 6.45) is 0. The Kier molecular flexibility index (Phi) is 6.09. The molecule has 3 rings (SSSR count). The largest absolute Gasteiger partial charge is 0.493 e. The van der Waals surface area contributed by atoms with Crippen LogP contribution in [0.5, 0.6) is 11.5 Å². The monoisotopic (exact) mass is 397 g/mol. The molecule has 8 heteroatoms. The van der Waals surface area contributed by atoms with E-state index in [0.717, 1.165) is 10.2 Å². The van der Waals surface area contributed by atoms with Crippen molar-refractivity contribution in [3.63, 3.8) is 0 Å².